The number of urea groups is 1. The minimum absolute atomic E-state index is 0.00465. The third-order valence-corrected chi connectivity index (χ3v) is 3.59. The number of hydrogen-bond donors (Lipinski definition) is 3. The Hall–Kier alpha value is -4.02. The molecule has 1 fully saturated rings. The molecule has 11 heteroatoms. The van der Waals surface area contributed by atoms with E-state index in [-0.39, 0.29) is 23.6 Å². The molecule has 0 unspecified atom stereocenters. The summed E-state index contributed by atoms with van der Waals surface area (Å²) < 4.78 is 9.62. The summed E-state index contributed by atoms with van der Waals surface area (Å²) in [4.78, 5) is 63.3. The molecule has 2 rings (SSSR count). The maximum Gasteiger partial charge on any atom is 0.354 e. The van der Waals surface area contributed by atoms with Crippen LogP contribution in [0.5, 0.6) is 0 Å². The van der Waals surface area contributed by atoms with Gasteiger partial charge in [-0.05, 0) is 25.1 Å². The molecule has 11 nitrogen and oxygen atoms in total. The fraction of sp³-hybridized carbons (Fsp3) is 0.222. The Balaban J connectivity index is 2.38. The Morgan fingerprint density at radius 3 is 2.41 bits per heavy atom. The largest absolute Gasteiger partial charge is 0.464 e. The summed E-state index contributed by atoms with van der Waals surface area (Å²) in [5.74, 6) is -4.92. The van der Waals surface area contributed by atoms with Gasteiger partial charge in [-0.1, -0.05) is 6.07 Å². The molecule has 1 saturated heterocycles. The van der Waals surface area contributed by atoms with Crippen LogP contribution in [0.3, 0.4) is 0 Å². The molecule has 3 N–H and O–H groups in total. The minimum atomic E-state index is -1.47. The van der Waals surface area contributed by atoms with Crippen LogP contribution in [-0.2, 0) is 28.7 Å². The lowest BCUT2D eigenvalue weighted by Crippen LogP contribution is -2.55. The lowest BCUT2D eigenvalue weighted by molar-refractivity contribution is -0.137. The first-order valence-corrected chi connectivity index (χ1v) is 8.38. The smallest absolute Gasteiger partial charge is 0.354 e. The van der Waals surface area contributed by atoms with Crippen LogP contribution in [0.4, 0.5) is 4.79 Å². The second-order valence-electron chi connectivity index (χ2n) is 5.50. The molecule has 1 aromatic rings. The number of amides is 4. The molecule has 1 aliphatic heterocycles. The standard InChI is InChI=1S/C18H18N4O7/c1-3-29-16(25)11(12-6-4-5-7-19-12)9-20-13(17(26)28-2)8-10-14(23)21-18(27)22-15(10)24/h4-10,20H,3H2,1-2H3,(H2,21,22,23,24,27)/b11-9+,13-8+. The summed E-state index contributed by atoms with van der Waals surface area (Å²) in [6, 6.07) is 3.90. The molecule has 2 heterocycles. The summed E-state index contributed by atoms with van der Waals surface area (Å²) in [6.07, 6.45) is 3.58. The van der Waals surface area contributed by atoms with Gasteiger partial charge >= 0.3 is 18.0 Å². The van der Waals surface area contributed by atoms with Crippen LogP contribution in [0.1, 0.15) is 12.6 Å². The second-order valence-corrected chi connectivity index (χ2v) is 5.50. The number of carbonyl (C=O) groups excluding carboxylic acids is 5. The summed E-state index contributed by atoms with van der Waals surface area (Å²) >= 11 is 0. The molecule has 1 aromatic heterocycles. The quantitative estimate of drug-likeness (QED) is 0.314. The molecule has 0 aromatic carbocycles. The molecular weight excluding hydrogens is 384 g/mol. The van der Waals surface area contributed by atoms with Crippen molar-refractivity contribution in [1.82, 2.24) is 20.9 Å². The zero-order chi connectivity index (χ0) is 21.4. The molecule has 0 aliphatic carbocycles. The number of ether oxygens (including phenoxy) is 2. The van der Waals surface area contributed by atoms with E-state index in [9.17, 15) is 24.0 Å². The maximum atomic E-state index is 12.3. The van der Waals surface area contributed by atoms with Crippen molar-refractivity contribution in [2.45, 2.75) is 6.92 Å². The minimum Gasteiger partial charge on any atom is -0.464 e. The third-order valence-electron chi connectivity index (χ3n) is 3.59. The van der Waals surface area contributed by atoms with Crippen LogP contribution < -0.4 is 16.0 Å². The first-order valence-electron chi connectivity index (χ1n) is 8.38. The number of esters is 2. The number of barbiturate groups is 1. The van der Waals surface area contributed by atoms with Gasteiger partial charge in [0.15, 0.2) is 0 Å². The van der Waals surface area contributed by atoms with Gasteiger partial charge in [0.2, 0.25) is 11.8 Å². The summed E-state index contributed by atoms with van der Waals surface area (Å²) in [5.41, 5.74) is -0.0497. The number of carbonyl (C=O) groups is 5. The van der Waals surface area contributed by atoms with Gasteiger partial charge in [0, 0.05) is 12.4 Å². The van der Waals surface area contributed by atoms with Gasteiger partial charge in [0.1, 0.15) is 17.2 Å². The highest BCUT2D eigenvalue weighted by atomic mass is 16.5. The molecule has 0 spiro atoms. The van der Waals surface area contributed by atoms with Crippen LogP contribution in [0, 0.1) is 5.92 Å². The third kappa shape index (κ3) is 5.48. The zero-order valence-corrected chi connectivity index (χ0v) is 15.6. The van der Waals surface area contributed by atoms with E-state index in [1.165, 1.54) is 6.20 Å². The fourth-order valence-corrected chi connectivity index (χ4v) is 2.25. The van der Waals surface area contributed by atoms with E-state index in [4.69, 9.17) is 4.74 Å². The van der Waals surface area contributed by atoms with Gasteiger partial charge in [-0.25, -0.2) is 14.4 Å². The van der Waals surface area contributed by atoms with E-state index >= 15 is 0 Å². The monoisotopic (exact) mass is 402 g/mol. The van der Waals surface area contributed by atoms with Crippen molar-refractivity contribution in [2.75, 3.05) is 13.7 Å². The van der Waals surface area contributed by atoms with Crippen molar-refractivity contribution < 1.29 is 33.4 Å². The van der Waals surface area contributed by atoms with Gasteiger partial charge in [-0.2, -0.15) is 0 Å². The molecule has 0 saturated carbocycles. The molecule has 29 heavy (non-hydrogen) atoms. The van der Waals surface area contributed by atoms with E-state index in [1.807, 2.05) is 10.6 Å². The summed E-state index contributed by atoms with van der Waals surface area (Å²) in [5, 5.41) is 6.37. The van der Waals surface area contributed by atoms with E-state index in [0.717, 1.165) is 19.4 Å². The van der Waals surface area contributed by atoms with Crippen molar-refractivity contribution in [3.63, 3.8) is 0 Å². The first-order chi connectivity index (χ1) is 13.9. The Bertz CT molecular complexity index is 873. The van der Waals surface area contributed by atoms with Crippen molar-refractivity contribution in [2.24, 2.45) is 5.92 Å². The molecule has 0 bridgehead atoms. The van der Waals surface area contributed by atoms with Crippen molar-refractivity contribution in [3.8, 4) is 0 Å². The van der Waals surface area contributed by atoms with Crippen LogP contribution in [0.25, 0.3) is 5.57 Å². The summed E-state index contributed by atoms with van der Waals surface area (Å²) in [6.45, 7) is 1.74. The highest BCUT2D eigenvalue weighted by molar-refractivity contribution is 6.18. The molecular formula is C18H18N4O7. The van der Waals surface area contributed by atoms with Crippen LogP contribution in [0.15, 0.2) is 42.4 Å². The van der Waals surface area contributed by atoms with Gasteiger partial charge < -0.3 is 14.8 Å². The number of nitrogens with zero attached hydrogens (tertiary/aromatic N) is 1. The van der Waals surface area contributed by atoms with Crippen molar-refractivity contribution in [3.05, 3.63) is 48.1 Å². The lowest BCUT2D eigenvalue weighted by Gasteiger charge is -2.18. The maximum absolute atomic E-state index is 12.3. The SMILES string of the molecule is CCOC(=O)/C(=C/N/C(=C/C1C(=O)NC(=O)NC1=O)C(=O)OC)c1ccccn1. The van der Waals surface area contributed by atoms with Gasteiger partial charge in [-0.15, -0.1) is 0 Å². The molecule has 1 aliphatic rings. The van der Waals surface area contributed by atoms with E-state index < -0.39 is 35.7 Å². The van der Waals surface area contributed by atoms with Crippen molar-refractivity contribution in [1.29, 1.82) is 0 Å². The van der Waals surface area contributed by atoms with Crippen LogP contribution >= 0.6 is 0 Å². The predicted molar refractivity (Wildman–Crippen MR) is 97.3 cm³/mol. The Morgan fingerprint density at radius 1 is 1.17 bits per heavy atom. The van der Waals surface area contributed by atoms with Crippen LogP contribution in [-0.4, -0.2) is 48.5 Å². The highest BCUT2D eigenvalue weighted by Crippen LogP contribution is 2.14. The average Bonchev–Trinajstić information content (AvgIpc) is 2.69. The average molecular weight is 402 g/mol. The Labute approximate surface area is 165 Å². The van der Waals surface area contributed by atoms with Crippen LogP contribution in [0.2, 0.25) is 0 Å². The predicted octanol–water partition coefficient (Wildman–Crippen LogP) is -0.386. The Morgan fingerprint density at radius 2 is 1.86 bits per heavy atom. The lowest BCUT2D eigenvalue weighted by atomic mass is 10.0. The molecule has 0 radical (unpaired) electrons. The number of aromatic nitrogens is 1. The summed E-state index contributed by atoms with van der Waals surface area (Å²) in [7, 11) is 1.09. The molecule has 152 valence electrons. The number of hydrogen-bond acceptors (Lipinski definition) is 9. The van der Waals surface area contributed by atoms with Gasteiger partial charge in [-0.3, -0.25) is 25.2 Å². The Kier molecular flexibility index (Phi) is 7.18. The van der Waals surface area contributed by atoms with Crippen molar-refractivity contribution >= 4 is 35.4 Å². The highest BCUT2D eigenvalue weighted by Gasteiger charge is 2.33. The normalized spacial score (nSPS) is 15.3. The fourth-order valence-electron chi connectivity index (χ4n) is 2.25. The van der Waals surface area contributed by atoms with E-state index in [0.29, 0.717) is 0 Å². The molecule has 0 atom stereocenters. The number of rotatable bonds is 7. The van der Waals surface area contributed by atoms with E-state index in [1.54, 1.807) is 25.1 Å². The first kappa shape index (κ1) is 21.3. The van der Waals surface area contributed by atoms with Gasteiger partial charge in [0.05, 0.1) is 19.4 Å². The van der Waals surface area contributed by atoms with E-state index in [2.05, 4.69) is 15.0 Å². The number of nitrogens with one attached hydrogen (secondary N) is 3. The zero-order valence-electron chi connectivity index (χ0n) is 15.6. The second kappa shape index (κ2) is 9.78. The van der Waals surface area contributed by atoms with Gasteiger partial charge in [0.25, 0.3) is 0 Å². The number of imide groups is 2. The number of pyridine rings is 1. The molecule has 4 amide bonds. The topological polar surface area (TPSA) is 153 Å². The number of methoxy groups -OCH3 is 1.